The smallest absolute Gasteiger partial charge is 0.101 e. The van der Waals surface area contributed by atoms with E-state index in [4.69, 9.17) is 0 Å². The largest absolute Gasteiger partial charge is 0.381 e. The maximum atomic E-state index is 9.19. The van der Waals surface area contributed by atoms with Gasteiger partial charge in [0.1, 0.15) is 6.07 Å². The Hall–Kier alpha value is -1.05. The summed E-state index contributed by atoms with van der Waals surface area (Å²) in [6, 6.07) is 9.01. The van der Waals surface area contributed by atoms with Crippen molar-refractivity contribution in [3.63, 3.8) is 0 Å². The summed E-state index contributed by atoms with van der Waals surface area (Å²) in [6.45, 7) is 5.62. The first kappa shape index (κ1) is 14.4. The Labute approximate surface area is 123 Å². The maximum Gasteiger partial charge on any atom is 0.101 e. The molecule has 102 valence electrons. The van der Waals surface area contributed by atoms with E-state index in [1.807, 2.05) is 18.2 Å². The van der Waals surface area contributed by atoms with E-state index in [0.717, 1.165) is 23.1 Å². The SMILES string of the molecule is CC1CN(C)C(C)CC1Nc1cc(Br)ccc1C#N. The van der Waals surface area contributed by atoms with Gasteiger partial charge in [-0.25, -0.2) is 0 Å². The van der Waals surface area contributed by atoms with Crippen molar-refractivity contribution in [1.29, 1.82) is 5.26 Å². The minimum absolute atomic E-state index is 0.424. The van der Waals surface area contributed by atoms with Crippen LogP contribution in [-0.2, 0) is 0 Å². The molecule has 0 bridgehead atoms. The van der Waals surface area contributed by atoms with Gasteiger partial charge in [-0.05, 0) is 44.5 Å². The van der Waals surface area contributed by atoms with Crippen molar-refractivity contribution in [2.45, 2.75) is 32.4 Å². The van der Waals surface area contributed by atoms with E-state index in [1.165, 1.54) is 0 Å². The average Bonchev–Trinajstić information content (AvgIpc) is 2.36. The second kappa shape index (κ2) is 5.94. The van der Waals surface area contributed by atoms with E-state index in [0.29, 0.717) is 23.6 Å². The van der Waals surface area contributed by atoms with Crippen LogP contribution in [0.1, 0.15) is 25.8 Å². The van der Waals surface area contributed by atoms with Crippen LogP contribution in [0.25, 0.3) is 0 Å². The van der Waals surface area contributed by atoms with E-state index in [2.05, 4.69) is 53.1 Å². The summed E-state index contributed by atoms with van der Waals surface area (Å²) in [5.41, 5.74) is 1.65. The number of halogens is 1. The topological polar surface area (TPSA) is 39.1 Å². The quantitative estimate of drug-likeness (QED) is 0.906. The molecule has 1 aromatic rings. The third-order valence-corrected chi connectivity index (χ3v) is 4.55. The molecule has 3 atom stereocenters. The summed E-state index contributed by atoms with van der Waals surface area (Å²) in [5.74, 6) is 0.576. The van der Waals surface area contributed by atoms with Crippen LogP contribution in [0.5, 0.6) is 0 Å². The average molecular weight is 322 g/mol. The molecule has 0 spiro atoms. The van der Waals surface area contributed by atoms with Gasteiger partial charge < -0.3 is 10.2 Å². The Morgan fingerprint density at radius 3 is 2.84 bits per heavy atom. The fraction of sp³-hybridized carbons (Fsp3) is 0.533. The third-order valence-electron chi connectivity index (χ3n) is 4.05. The predicted molar refractivity (Wildman–Crippen MR) is 82.1 cm³/mol. The van der Waals surface area contributed by atoms with Crippen LogP contribution in [0.3, 0.4) is 0 Å². The molecule has 0 amide bonds. The van der Waals surface area contributed by atoms with Gasteiger partial charge in [0.15, 0.2) is 0 Å². The molecule has 0 radical (unpaired) electrons. The maximum absolute atomic E-state index is 9.19. The number of nitriles is 1. The standard InChI is InChI=1S/C15H20BrN3/c1-10-9-19(3)11(2)6-14(10)18-15-7-13(16)5-4-12(15)8-17/h4-5,7,10-11,14,18H,6,9H2,1-3H3. The van der Waals surface area contributed by atoms with E-state index in [9.17, 15) is 5.26 Å². The van der Waals surface area contributed by atoms with Gasteiger partial charge in [-0.15, -0.1) is 0 Å². The third kappa shape index (κ3) is 3.29. The minimum Gasteiger partial charge on any atom is -0.381 e. The lowest BCUT2D eigenvalue weighted by atomic mass is 9.89. The molecule has 4 heteroatoms. The highest BCUT2D eigenvalue weighted by Crippen LogP contribution is 2.27. The fourth-order valence-electron chi connectivity index (χ4n) is 2.68. The Morgan fingerprint density at radius 2 is 2.16 bits per heavy atom. The zero-order valence-electron chi connectivity index (χ0n) is 11.7. The van der Waals surface area contributed by atoms with E-state index in [-0.39, 0.29) is 0 Å². The van der Waals surface area contributed by atoms with Crippen molar-refractivity contribution in [1.82, 2.24) is 4.90 Å². The van der Waals surface area contributed by atoms with Crippen LogP contribution >= 0.6 is 15.9 Å². The number of nitrogens with one attached hydrogen (secondary N) is 1. The minimum atomic E-state index is 0.424. The molecular formula is C15H20BrN3. The number of hydrogen-bond acceptors (Lipinski definition) is 3. The van der Waals surface area contributed by atoms with Gasteiger partial charge in [-0.1, -0.05) is 22.9 Å². The number of benzene rings is 1. The van der Waals surface area contributed by atoms with Crippen molar-refractivity contribution in [2.75, 3.05) is 18.9 Å². The monoisotopic (exact) mass is 321 g/mol. The lowest BCUT2D eigenvalue weighted by molar-refractivity contribution is 0.145. The molecule has 2 rings (SSSR count). The zero-order chi connectivity index (χ0) is 14.0. The van der Waals surface area contributed by atoms with Crippen molar-refractivity contribution in [3.8, 4) is 6.07 Å². The molecule has 1 saturated heterocycles. The Morgan fingerprint density at radius 1 is 1.42 bits per heavy atom. The molecule has 1 fully saturated rings. The summed E-state index contributed by atoms with van der Waals surface area (Å²) in [7, 11) is 2.18. The number of hydrogen-bond donors (Lipinski definition) is 1. The molecule has 19 heavy (non-hydrogen) atoms. The molecule has 0 aliphatic carbocycles. The van der Waals surface area contributed by atoms with Gasteiger partial charge in [-0.3, -0.25) is 0 Å². The predicted octanol–water partition coefficient (Wildman–Crippen LogP) is 3.46. The normalized spacial score (nSPS) is 27.8. The van der Waals surface area contributed by atoms with Crippen LogP contribution < -0.4 is 5.32 Å². The molecule has 3 unspecified atom stereocenters. The Balaban J connectivity index is 2.17. The molecule has 1 aliphatic heterocycles. The van der Waals surface area contributed by atoms with E-state index in [1.54, 1.807) is 0 Å². The van der Waals surface area contributed by atoms with Crippen LogP contribution in [-0.4, -0.2) is 30.6 Å². The molecule has 3 nitrogen and oxygen atoms in total. The van der Waals surface area contributed by atoms with Crippen LogP contribution in [0.15, 0.2) is 22.7 Å². The van der Waals surface area contributed by atoms with Gasteiger partial charge in [0.25, 0.3) is 0 Å². The summed E-state index contributed by atoms with van der Waals surface area (Å²) in [4.78, 5) is 2.40. The fourth-order valence-corrected chi connectivity index (χ4v) is 3.04. The first-order valence-electron chi connectivity index (χ1n) is 6.67. The molecule has 1 heterocycles. The number of nitrogens with zero attached hydrogens (tertiary/aromatic N) is 2. The molecule has 1 aromatic carbocycles. The molecule has 0 aromatic heterocycles. The molecule has 0 saturated carbocycles. The summed E-state index contributed by atoms with van der Waals surface area (Å²) >= 11 is 3.47. The molecule has 1 N–H and O–H groups in total. The zero-order valence-corrected chi connectivity index (χ0v) is 13.2. The number of anilines is 1. The van der Waals surface area contributed by atoms with Crippen molar-refractivity contribution < 1.29 is 0 Å². The Bertz CT molecular complexity index is 495. The van der Waals surface area contributed by atoms with Crippen molar-refractivity contribution in [2.24, 2.45) is 5.92 Å². The van der Waals surface area contributed by atoms with Gasteiger partial charge in [0, 0.05) is 23.1 Å². The summed E-state index contributed by atoms with van der Waals surface area (Å²) < 4.78 is 1.00. The Kier molecular flexibility index (Phi) is 4.49. The van der Waals surface area contributed by atoms with Crippen molar-refractivity contribution in [3.05, 3.63) is 28.2 Å². The van der Waals surface area contributed by atoms with Crippen LogP contribution in [0.2, 0.25) is 0 Å². The van der Waals surface area contributed by atoms with Crippen LogP contribution in [0, 0.1) is 17.2 Å². The first-order chi connectivity index (χ1) is 9.01. The highest BCUT2D eigenvalue weighted by Gasteiger charge is 2.29. The molecular weight excluding hydrogens is 302 g/mol. The first-order valence-corrected chi connectivity index (χ1v) is 7.47. The highest BCUT2D eigenvalue weighted by molar-refractivity contribution is 9.10. The highest BCUT2D eigenvalue weighted by atomic mass is 79.9. The second-order valence-electron chi connectivity index (χ2n) is 5.55. The van der Waals surface area contributed by atoms with E-state index < -0.39 is 0 Å². The summed E-state index contributed by atoms with van der Waals surface area (Å²) in [6.07, 6.45) is 1.11. The lowest BCUT2D eigenvalue weighted by Crippen LogP contribution is -2.48. The number of rotatable bonds is 2. The van der Waals surface area contributed by atoms with Gasteiger partial charge in [0.2, 0.25) is 0 Å². The van der Waals surface area contributed by atoms with Gasteiger partial charge >= 0.3 is 0 Å². The van der Waals surface area contributed by atoms with Crippen LogP contribution in [0.4, 0.5) is 5.69 Å². The number of likely N-dealkylation sites (tertiary alicyclic amines) is 1. The second-order valence-corrected chi connectivity index (χ2v) is 6.47. The van der Waals surface area contributed by atoms with E-state index >= 15 is 0 Å². The van der Waals surface area contributed by atoms with Crippen molar-refractivity contribution >= 4 is 21.6 Å². The molecule has 1 aliphatic rings. The van der Waals surface area contributed by atoms with Gasteiger partial charge in [0.05, 0.1) is 11.3 Å². The lowest BCUT2D eigenvalue weighted by Gasteiger charge is -2.40. The summed E-state index contributed by atoms with van der Waals surface area (Å²) in [5, 5.41) is 12.7. The number of piperidine rings is 1. The van der Waals surface area contributed by atoms with Gasteiger partial charge in [-0.2, -0.15) is 5.26 Å².